The summed E-state index contributed by atoms with van der Waals surface area (Å²) >= 11 is 0. The highest BCUT2D eigenvalue weighted by atomic mass is 32.2. The van der Waals surface area contributed by atoms with Crippen molar-refractivity contribution in [2.45, 2.75) is 24.4 Å². The summed E-state index contributed by atoms with van der Waals surface area (Å²) in [4.78, 5) is 3.82. The minimum atomic E-state index is -4.39. The second-order valence-electron chi connectivity index (χ2n) is 4.10. The van der Waals surface area contributed by atoms with Gasteiger partial charge in [0.05, 0.1) is 11.3 Å². The van der Waals surface area contributed by atoms with E-state index in [1.54, 1.807) is 0 Å². The third-order valence-corrected chi connectivity index (χ3v) is 4.36. The molecule has 1 aromatic rings. The Morgan fingerprint density at radius 1 is 1.40 bits per heavy atom. The molecule has 0 aliphatic heterocycles. The van der Waals surface area contributed by atoms with Crippen molar-refractivity contribution in [1.29, 1.82) is 0 Å². The van der Waals surface area contributed by atoms with E-state index >= 15 is 0 Å². The summed E-state index contributed by atoms with van der Waals surface area (Å²) in [5.41, 5.74) is 0. The molecule has 20 heavy (non-hydrogen) atoms. The molecule has 0 unspecified atom stereocenters. The van der Waals surface area contributed by atoms with Crippen LogP contribution in [0.25, 0.3) is 0 Å². The van der Waals surface area contributed by atoms with Gasteiger partial charge in [-0.15, -0.1) is 0 Å². The molecule has 1 aromatic heterocycles. The van der Waals surface area contributed by atoms with E-state index < -0.39 is 29.2 Å². The van der Waals surface area contributed by atoms with Gasteiger partial charge in [-0.25, -0.2) is 17.7 Å². The number of halogens is 3. The van der Waals surface area contributed by atoms with Gasteiger partial charge in [0, 0.05) is 32.4 Å². The van der Waals surface area contributed by atoms with Gasteiger partial charge in [0.1, 0.15) is 5.82 Å². The maximum absolute atomic E-state index is 12.1. The zero-order chi connectivity index (χ0) is 15.4. The van der Waals surface area contributed by atoms with Crippen LogP contribution in [0.2, 0.25) is 0 Å². The number of sulfonamides is 1. The Morgan fingerprint density at radius 3 is 2.60 bits per heavy atom. The smallest absolute Gasteiger partial charge is 0.370 e. The van der Waals surface area contributed by atoms with Crippen LogP contribution in [0, 0.1) is 0 Å². The number of anilines is 1. The summed E-state index contributed by atoms with van der Waals surface area (Å²) in [6, 6.07) is 2.54. The first-order valence-corrected chi connectivity index (χ1v) is 7.34. The zero-order valence-corrected chi connectivity index (χ0v) is 11.9. The molecule has 114 valence electrons. The maximum Gasteiger partial charge on any atom is 0.390 e. The van der Waals surface area contributed by atoms with E-state index in [0.717, 1.165) is 7.05 Å². The minimum absolute atomic E-state index is 0.0897. The molecule has 0 radical (unpaired) electrons. The lowest BCUT2D eigenvalue weighted by molar-refractivity contribution is -0.135. The van der Waals surface area contributed by atoms with Crippen LogP contribution in [-0.2, 0) is 10.0 Å². The number of hydrogen-bond acceptors (Lipinski definition) is 4. The summed E-state index contributed by atoms with van der Waals surface area (Å²) < 4.78 is 61.3. The first-order valence-electron chi connectivity index (χ1n) is 5.90. The second-order valence-corrected chi connectivity index (χ2v) is 6.14. The Kier molecular flexibility index (Phi) is 5.35. The van der Waals surface area contributed by atoms with Crippen LogP contribution < -0.4 is 5.32 Å². The first-order chi connectivity index (χ1) is 9.16. The Bertz CT molecular complexity index is 546. The summed E-state index contributed by atoms with van der Waals surface area (Å²) in [7, 11) is -2.83. The minimum Gasteiger partial charge on any atom is -0.370 e. The molecule has 0 aromatic carbocycles. The molecule has 1 heterocycles. The number of nitrogens with one attached hydrogen (secondary N) is 1. The number of hydrogen-bond donors (Lipinski definition) is 1. The second kappa shape index (κ2) is 6.40. The molecule has 0 saturated heterocycles. The van der Waals surface area contributed by atoms with Gasteiger partial charge in [0.2, 0.25) is 10.0 Å². The zero-order valence-electron chi connectivity index (χ0n) is 11.1. The predicted molar refractivity (Wildman–Crippen MR) is 68.9 cm³/mol. The highest BCUT2D eigenvalue weighted by Gasteiger charge is 2.30. The van der Waals surface area contributed by atoms with E-state index in [4.69, 9.17) is 0 Å². The van der Waals surface area contributed by atoms with Crippen molar-refractivity contribution in [3.8, 4) is 0 Å². The predicted octanol–water partition coefficient (Wildman–Crippen LogP) is 2.09. The summed E-state index contributed by atoms with van der Waals surface area (Å²) in [6.45, 7) is 1.75. The van der Waals surface area contributed by atoms with Crippen molar-refractivity contribution in [2.75, 3.05) is 25.5 Å². The molecule has 0 aliphatic carbocycles. The first kappa shape index (κ1) is 16.7. The van der Waals surface area contributed by atoms with Crippen LogP contribution in [0.4, 0.5) is 19.0 Å². The van der Waals surface area contributed by atoms with Crippen molar-refractivity contribution in [3.63, 3.8) is 0 Å². The van der Waals surface area contributed by atoms with Gasteiger partial charge in [-0.2, -0.15) is 13.2 Å². The highest BCUT2D eigenvalue weighted by Crippen LogP contribution is 2.22. The molecular formula is C11H16F3N3O2S. The van der Waals surface area contributed by atoms with Gasteiger partial charge >= 0.3 is 6.18 Å². The number of pyridine rings is 1. The van der Waals surface area contributed by atoms with Crippen molar-refractivity contribution in [1.82, 2.24) is 9.29 Å². The van der Waals surface area contributed by atoms with Crippen LogP contribution >= 0.6 is 0 Å². The average Bonchev–Trinajstić information content (AvgIpc) is 2.35. The van der Waals surface area contributed by atoms with Crippen molar-refractivity contribution in [3.05, 3.63) is 18.3 Å². The topological polar surface area (TPSA) is 62.3 Å². The van der Waals surface area contributed by atoms with Crippen LogP contribution in [0.1, 0.15) is 13.3 Å². The quantitative estimate of drug-likeness (QED) is 0.874. The molecule has 0 atom stereocenters. The van der Waals surface area contributed by atoms with Gasteiger partial charge in [0.25, 0.3) is 0 Å². The Morgan fingerprint density at radius 2 is 2.05 bits per heavy atom. The van der Waals surface area contributed by atoms with Gasteiger partial charge in [-0.1, -0.05) is 0 Å². The van der Waals surface area contributed by atoms with E-state index in [-0.39, 0.29) is 4.90 Å². The summed E-state index contributed by atoms with van der Waals surface area (Å²) in [5, 5.41) is 2.84. The third-order valence-electron chi connectivity index (χ3n) is 2.51. The molecule has 9 heteroatoms. The molecular weight excluding hydrogens is 295 g/mol. The monoisotopic (exact) mass is 311 g/mol. The van der Waals surface area contributed by atoms with E-state index in [1.807, 2.05) is 6.92 Å². The SMILES string of the molecule is CCNc1cc(S(=O)(=O)N(C)CCC(F)(F)F)ccn1. The number of rotatable bonds is 6. The molecule has 0 aliphatic rings. The molecule has 1 rings (SSSR count). The summed E-state index contributed by atoms with van der Waals surface area (Å²) in [5.74, 6) is 0.359. The lowest BCUT2D eigenvalue weighted by Gasteiger charge is -2.18. The fraction of sp³-hybridized carbons (Fsp3) is 0.545. The normalized spacial score (nSPS) is 12.7. The van der Waals surface area contributed by atoms with Gasteiger partial charge in [0.15, 0.2) is 0 Å². The van der Waals surface area contributed by atoms with E-state index in [9.17, 15) is 21.6 Å². The van der Waals surface area contributed by atoms with Crippen LogP contribution in [0.5, 0.6) is 0 Å². The average molecular weight is 311 g/mol. The summed E-state index contributed by atoms with van der Waals surface area (Å²) in [6.07, 6.45) is -4.28. The van der Waals surface area contributed by atoms with Gasteiger partial charge in [-0.05, 0) is 13.0 Å². The van der Waals surface area contributed by atoms with E-state index in [0.29, 0.717) is 16.7 Å². The van der Waals surface area contributed by atoms with Crippen LogP contribution in [0.15, 0.2) is 23.2 Å². The van der Waals surface area contributed by atoms with Crippen molar-refractivity contribution >= 4 is 15.8 Å². The highest BCUT2D eigenvalue weighted by molar-refractivity contribution is 7.89. The molecule has 0 bridgehead atoms. The number of nitrogens with zero attached hydrogens (tertiary/aromatic N) is 2. The molecule has 0 amide bonds. The van der Waals surface area contributed by atoms with Crippen LogP contribution in [-0.4, -0.2) is 44.0 Å². The van der Waals surface area contributed by atoms with E-state index in [1.165, 1.54) is 18.3 Å². The molecule has 0 saturated carbocycles. The Hall–Kier alpha value is -1.35. The van der Waals surface area contributed by atoms with E-state index in [2.05, 4.69) is 10.3 Å². The largest absolute Gasteiger partial charge is 0.390 e. The third kappa shape index (κ3) is 4.64. The van der Waals surface area contributed by atoms with Crippen molar-refractivity contribution < 1.29 is 21.6 Å². The Labute approximate surface area is 115 Å². The fourth-order valence-electron chi connectivity index (χ4n) is 1.43. The van der Waals surface area contributed by atoms with Crippen LogP contribution in [0.3, 0.4) is 0 Å². The fourth-order valence-corrected chi connectivity index (χ4v) is 2.62. The molecule has 1 N–H and O–H groups in total. The Balaban J connectivity index is 2.89. The van der Waals surface area contributed by atoms with Crippen molar-refractivity contribution in [2.24, 2.45) is 0 Å². The molecule has 0 spiro atoms. The molecule has 0 fully saturated rings. The number of aromatic nitrogens is 1. The maximum atomic E-state index is 12.1. The number of alkyl halides is 3. The lowest BCUT2D eigenvalue weighted by atomic mass is 10.4. The standard InChI is InChI=1S/C11H16F3N3O2S/c1-3-15-10-8-9(4-6-16-10)20(18,19)17(2)7-5-11(12,13)14/h4,6,8H,3,5,7H2,1-2H3,(H,15,16). The van der Waals surface area contributed by atoms with Gasteiger partial charge in [-0.3, -0.25) is 0 Å². The van der Waals surface area contributed by atoms with Gasteiger partial charge < -0.3 is 5.32 Å². The molecule has 5 nitrogen and oxygen atoms in total. The lowest BCUT2D eigenvalue weighted by Crippen LogP contribution is -2.30.